The summed E-state index contributed by atoms with van der Waals surface area (Å²) < 4.78 is 26.0. The Bertz CT molecular complexity index is 1390. The molecule has 1 saturated carbocycles. The van der Waals surface area contributed by atoms with Gasteiger partial charge in [0.2, 0.25) is 0 Å². The van der Waals surface area contributed by atoms with Crippen molar-refractivity contribution in [2.75, 3.05) is 37.6 Å². The third-order valence-electron chi connectivity index (χ3n) is 10.3. The first-order valence-corrected chi connectivity index (χ1v) is 17.3. The number of primary amides is 1. The number of ether oxygens (including phenoxy) is 2. The zero-order valence-corrected chi connectivity index (χ0v) is 29.0. The van der Waals surface area contributed by atoms with Gasteiger partial charge in [-0.05, 0) is 130 Å². The first-order valence-electron chi connectivity index (χ1n) is 17.3. The van der Waals surface area contributed by atoms with Gasteiger partial charge in [-0.1, -0.05) is 0 Å². The summed E-state index contributed by atoms with van der Waals surface area (Å²) in [6.45, 7) is 16.8. The van der Waals surface area contributed by atoms with Gasteiger partial charge >= 0.3 is 6.09 Å². The predicted octanol–water partition coefficient (Wildman–Crippen LogP) is 6.64. The minimum atomic E-state index is -0.695. The number of nitrogens with two attached hydrogens (primary N) is 1. The van der Waals surface area contributed by atoms with E-state index in [1.807, 2.05) is 41.5 Å². The van der Waals surface area contributed by atoms with Crippen LogP contribution >= 0.6 is 0 Å². The maximum absolute atomic E-state index is 14.4. The lowest BCUT2D eigenvalue weighted by Crippen LogP contribution is -2.61. The maximum atomic E-state index is 14.4. The van der Waals surface area contributed by atoms with Crippen LogP contribution in [0.3, 0.4) is 0 Å². The van der Waals surface area contributed by atoms with E-state index in [0.717, 1.165) is 57.9 Å². The molecule has 0 atom stereocenters. The molecule has 11 heteroatoms. The maximum Gasteiger partial charge on any atom is 0.405 e. The van der Waals surface area contributed by atoms with Gasteiger partial charge in [0, 0.05) is 37.1 Å². The number of piperidine rings is 1. The fourth-order valence-corrected chi connectivity index (χ4v) is 8.13. The first kappa shape index (κ1) is 34.9. The highest BCUT2D eigenvalue weighted by Crippen LogP contribution is 2.45. The lowest BCUT2D eigenvalue weighted by Gasteiger charge is -2.54. The van der Waals surface area contributed by atoms with Crippen molar-refractivity contribution >= 4 is 17.8 Å². The zero-order chi connectivity index (χ0) is 33.9. The Morgan fingerprint density at radius 3 is 2.30 bits per heavy atom. The van der Waals surface area contributed by atoms with E-state index in [9.17, 15) is 14.0 Å². The van der Waals surface area contributed by atoms with E-state index in [2.05, 4.69) is 19.8 Å². The number of benzene rings is 1. The SMILES string of the molecule is CC(C)N(C(=O)c1cc(F)ccc1Oc1cncnc1N1CC2(CCN(CC3CCC(CC(C)(C)OC(N)=O)CC3)CC2)C1)C(C)C. The Kier molecular flexibility index (Phi) is 10.6. The van der Waals surface area contributed by atoms with Crippen molar-refractivity contribution in [3.63, 3.8) is 0 Å². The highest BCUT2D eigenvalue weighted by molar-refractivity contribution is 5.97. The molecule has 3 fully saturated rings. The number of hydrogen-bond donors (Lipinski definition) is 1. The summed E-state index contributed by atoms with van der Waals surface area (Å²) in [6, 6.07) is 3.96. The molecule has 0 unspecified atom stereocenters. The van der Waals surface area contributed by atoms with Gasteiger partial charge in [-0.3, -0.25) is 4.79 Å². The van der Waals surface area contributed by atoms with Crippen LogP contribution in [0.1, 0.15) is 96.8 Å². The van der Waals surface area contributed by atoms with Gasteiger partial charge in [0.15, 0.2) is 11.6 Å². The van der Waals surface area contributed by atoms with Crippen molar-refractivity contribution in [2.45, 2.75) is 104 Å². The van der Waals surface area contributed by atoms with Gasteiger partial charge in [-0.2, -0.15) is 0 Å². The quantitative estimate of drug-likeness (QED) is 0.288. The largest absolute Gasteiger partial charge is 0.451 e. The minimum Gasteiger partial charge on any atom is -0.451 e. The molecule has 10 nitrogen and oxygen atoms in total. The van der Waals surface area contributed by atoms with Crippen LogP contribution in [-0.4, -0.2) is 82.2 Å². The van der Waals surface area contributed by atoms with Crippen LogP contribution in [0.5, 0.6) is 11.5 Å². The van der Waals surface area contributed by atoms with Crippen LogP contribution in [0.25, 0.3) is 0 Å². The molecule has 1 aromatic heterocycles. The molecule has 2 amide bonds. The summed E-state index contributed by atoms with van der Waals surface area (Å²) in [7, 11) is 0. The van der Waals surface area contributed by atoms with Crippen molar-refractivity contribution in [1.29, 1.82) is 0 Å². The number of hydrogen-bond acceptors (Lipinski definition) is 8. The Balaban J connectivity index is 1.14. The molecular formula is C36H53FN6O4. The van der Waals surface area contributed by atoms with Crippen LogP contribution in [0.15, 0.2) is 30.7 Å². The number of halogens is 1. The first-order chi connectivity index (χ1) is 22.2. The van der Waals surface area contributed by atoms with Crippen LogP contribution in [0, 0.1) is 23.1 Å². The Hall–Kier alpha value is -3.47. The molecule has 0 radical (unpaired) electrons. The van der Waals surface area contributed by atoms with E-state index < -0.39 is 17.5 Å². The zero-order valence-electron chi connectivity index (χ0n) is 29.0. The van der Waals surface area contributed by atoms with Gasteiger partial charge in [0.1, 0.15) is 23.5 Å². The number of nitrogens with zero attached hydrogens (tertiary/aromatic N) is 5. The van der Waals surface area contributed by atoms with E-state index in [1.165, 1.54) is 50.2 Å². The summed E-state index contributed by atoms with van der Waals surface area (Å²) in [5, 5.41) is 0. The molecule has 0 bridgehead atoms. The molecule has 258 valence electrons. The van der Waals surface area contributed by atoms with Crippen LogP contribution in [0.4, 0.5) is 15.0 Å². The Morgan fingerprint density at radius 1 is 1.04 bits per heavy atom. The van der Waals surface area contributed by atoms with Crippen LogP contribution < -0.4 is 15.4 Å². The average Bonchev–Trinajstić information content (AvgIpc) is 2.97. The Morgan fingerprint density at radius 2 is 1.68 bits per heavy atom. The van der Waals surface area contributed by atoms with Crippen LogP contribution in [-0.2, 0) is 4.74 Å². The van der Waals surface area contributed by atoms with Gasteiger partial charge in [-0.15, -0.1) is 0 Å². The summed E-state index contributed by atoms with van der Waals surface area (Å²) in [6.07, 6.45) is 10.4. The number of rotatable bonds is 11. The number of amides is 2. The Labute approximate surface area is 279 Å². The molecule has 5 rings (SSSR count). The van der Waals surface area contributed by atoms with Gasteiger partial charge in [0.05, 0.1) is 11.8 Å². The molecule has 2 aliphatic heterocycles. The van der Waals surface area contributed by atoms with Crippen molar-refractivity contribution in [2.24, 2.45) is 23.0 Å². The smallest absolute Gasteiger partial charge is 0.405 e. The monoisotopic (exact) mass is 652 g/mol. The fourth-order valence-electron chi connectivity index (χ4n) is 8.13. The number of carbonyl (C=O) groups is 2. The number of carbonyl (C=O) groups excluding carboxylic acids is 2. The second-order valence-electron chi connectivity index (χ2n) is 15.3. The topological polar surface area (TPSA) is 114 Å². The average molecular weight is 653 g/mol. The molecule has 47 heavy (non-hydrogen) atoms. The fraction of sp³-hybridized carbons (Fsp3) is 0.667. The lowest BCUT2D eigenvalue weighted by molar-refractivity contribution is 0.0169. The van der Waals surface area contributed by atoms with Gasteiger partial charge < -0.3 is 29.9 Å². The van der Waals surface area contributed by atoms with Gasteiger partial charge in [0.25, 0.3) is 5.91 Å². The number of likely N-dealkylation sites (tertiary alicyclic amines) is 1. The molecule has 1 spiro atoms. The van der Waals surface area contributed by atoms with Crippen molar-refractivity contribution in [3.05, 3.63) is 42.1 Å². The molecule has 1 aliphatic carbocycles. The van der Waals surface area contributed by atoms with E-state index in [4.69, 9.17) is 15.2 Å². The minimum absolute atomic E-state index is 0.0539. The molecule has 1 aromatic carbocycles. The van der Waals surface area contributed by atoms with E-state index in [1.54, 1.807) is 11.1 Å². The number of aromatic nitrogens is 2. The summed E-state index contributed by atoms with van der Waals surface area (Å²) in [5.74, 6) is 1.98. The molecule has 3 aliphatic rings. The van der Waals surface area contributed by atoms with Crippen molar-refractivity contribution < 1.29 is 23.5 Å². The number of anilines is 1. The van der Waals surface area contributed by atoms with E-state index in [0.29, 0.717) is 23.2 Å². The van der Waals surface area contributed by atoms with E-state index in [-0.39, 0.29) is 29.0 Å². The highest BCUT2D eigenvalue weighted by atomic mass is 19.1. The highest BCUT2D eigenvalue weighted by Gasteiger charge is 2.46. The lowest BCUT2D eigenvalue weighted by atomic mass is 9.71. The molecule has 3 heterocycles. The molecule has 2 N–H and O–H groups in total. The van der Waals surface area contributed by atoms with E-state index >= 15 is 0 Å². The van der Waals surface area contributed by atoms with Crippen molar-refractivity contribution in [1.82, 2.24) is 19.8 Å². The van der Waals surface area contributed by atoms with Crippen molar-refractivity contribution in [3.8, 4) is 11.5 Å². The van der Waals surface area contributed by atoms with Gasteiger partial charge in [-0.25, -0.2) is 19.2 Å². The summed E-state index contributed by atoms with van der Waals surface area (Å²) in [4.78, 5) is 40.1. The summed E-state index contributed by atoms with van der Waals surface area (Å²) >= 11 is 0. The normalized spacial score (nSPS) is 21.5. The molecule has 2 aromatic rings. The molecule has 2 saturated heterocycles. The second-order valence-corrected chi connectivity index (χ2v) is 15.3. The second kappa shape index (κ2) is 14.3. The third-order valence-corrected chi connectivity index (χ3v) is 10.3. The summed E-state index contributed by atoms with van der Waals surface area (Å²) in [5.41, 5.74) is 5.19. The standard InChI is InChI=1S/C36H53FN6O4/c1-24(2)43(25(3)4)33(44)29-17-28(37)11-12-30(29)46-31-19-39-23-40-32(31)42-21-36(22-42)13-15-41(16-14-36)20-27-9-7-26(8-10-27)18-35(5,6)47-34(38)45/h11-12,17,19,23-27H,7-10,13-16,18,20-22H2,1-6H3,(H2,38,45). The van der Waals surface area contributed by atoms with Crippen LogP contribution in [0.2, 0.25) is 0 Å². The predicted molar refractivity (Wildman–Crippen MR) is 180 cm³/mol. The molecular weight excluding hydrogens is 599 g/mol. The third kappa shape index (κ3) is 8.52.